The summed E-state index contributed by atoms with van der Waals surface area (Å²) in [5, 5.41) is 0. The minimum atomic E-state index is -0.510. The molecule has 0 atom stereocenters. The van der Waals surface area contributed by atoms with E-state index in [1.807, 2.05) is 6.92 Å². The Labute approximate surface area is 92.9 Å². The van der Waals surface area contributed by atoms with Crippen LogP contribution in [0.4, 0.5) is 0 Å². The number of allylic oxidation sites excluding steroid dienone is 1. The summed E-state index contributed by atoms with van der Waals surface area (Å²) >= 11 is 0. The van der Waals surface area contributed by atoms with Gasteiger partial charge in [-0.05, 0) is 26.0 Å². The van der Waals surface area contributed by atoms with Crippen LogP contribution < -0.4 is 0 Å². The SMILES string of the molecule is CCOC1=C(C)C(=O)C(=O)c2cccnc21. The van der Waals surface area contributed by atoms with Gasteiger partial charge in [0.2, 0.25) is 11.6 Å². The lowest BCUT2D eigenvalue weighted by Gasteiger charge is -2.18. The van der Waals surface area contributed by atoms with E-state index >= 15 is 0 Å². The maximum absolute atomic E-state index is 11.7. The Morgan fingerprint density at radius 1 is 1.31 bits per heavy atom. The zero-order valence-electron chi connectivity index (χ0n) is 9.11. The quantitative estimate of drug-likeness (QED) is 0.706. The fraction of sp³-hybridized carbons (Fsp3) is 0.250. The van der Waals surface area contributed by atoms with Crippen molar-refractivity contribution in [3.63, 3.8) is 0 Å². The number of hydrogen-bond donors (Lipinski definition) is 0. The summed E-state index contributed by atoms with van der Waals surface area (Å²) in [5.74, 6) is -0.601. The molecule has 0 amide bonds. The number of hydrogen-bond acceptors (Lipinski definition) is 4. The van der Waals surface area contributed by atoms with Gasteiger partial charge in [0, 0.05) is 11.8 Å². The Morgan fingerprint density at radius 3 is 2.75 bits per heavy atom. The summed E-state index contributed by atoms with van der Waals surface area (Å²) in [6.07, 6.45) is 1.58. The molecule has 0 radical (unpaired) electrons. The fourth-order valence-electron chi connectivity index (χ4n) is 1.66. The van der Waals surface area contributed by atoms with Gasteiger partial charge in [-0.2, -0.15) is 0 Å². The highest BCUT2D eigenvalue weighted by Crippen LogP contribution is 2.28. The Balaban J connectivity index is 2.66. The first-order chi connectivity index (χ1) is 7.66. The molecule has 16 heavy (non-hydrogen) atoms. The maximum atomic E-state index is 11.7. The van der Waals surface area contributed by atoms with Gasteiger partial charge in [-0.15, -0.1) is 0 Å². The molecule has 4 nitrogen and oxygen atoms in total. The molecule has 0 fully saturated rings. The molecule has 0 unspecified atom stereocenters. The van der Waals surface area contributed by atoms with Crippen molar-refractivity contribution in [3.05, 3.63) is 35.2 Å². The zero-order chi connectivity index (χ0) is 11.7. The highest BCUT2D eigenvalue weighted by atomic mass is 16.5. The molecule has 4 heteroatoms. The van der Waals surface area contributed by atoms with Crippen molar-refractivity contribution in [2.75, 3.05) is 6.61 Å². The molecule has 1 aliphatic rings. The van der Waals surface area contributed by atoms with Crippen LogP contribution in [-0.2, 0) is 9.53 Å². The van der Waals surface area contributed by atoms with Crippen LogP contribution in [0, 0.1) is 0 Å². The highest BCUT2D eigenvalue weighted by molar-refractivity contribution is 6.51. The van der Waals surface area contributed by atoms with Gasteiger partial charge in [-0.3, -0.25) is 14.6 Å². The number of ketones is 2. The smallest absolute Gasteiger partial charge is 0.235 e. The van der Waals surface area contributed by atoms with Crippen LogP contribution in [-0.4, -0.2) is 23.2 Å². The van der Waals surface area contributed by atoms with Crippen molar-refractivity contribution in [1.29, 1.82) is 0 Å². The molecule has 1 aliphatic carbocycles. The number of aromatic nitrogens is 1. The van der Waals surface area contributed by atoms with Gasteiger partial charge in [0.1, 0.15) is 5.69 Å². The van der Waals surface area contributed by atoms with Gasteiger partial charge >= 0.3 is 0 Å². The van der Waals surface area contributed by atoms with Gasteiger partial charge in [0.05, 0.1) is 12.2 Å². The lowest BCUT2D eigenvalue weighted by atomic mass is 9.93. The van der Waals surface area contributed by atoms with Crippen LogP contribution in [0.15, 0.2) is 23.9 Å². The predicted octanol–water partition coefficient (Wildman–Crippen LogP) is 1.61. The second-order valence-electron chi connectivity index (χ2n) is 3.44. The van der Waals surface area contributed by atoms with Crippen LogP contribution in [0.5, 0.6) is 0 Å². The average molecular weight is 217 g/mol. The molecule has 0 bridgehead atoms. The maximum Gasteiger partial charge on any atom is 0.235 e. The van der Waals surface area contributed by atoms with E-state index in [4.69, 9.17) is 4.74 Å². The Bertz CT molecular complexity index is 503. The largest absolute Gasteiger partial charge is 0.491 e. The first-order valence-electron chi connectivity index (χ1n) is 5.05. The van der Waals surface area contributed by atoms with E-state index in [0.29, 0.717) is 29.2 Å². The molecule has 1 aromatic heterocycles. The van der Waals surface area contributed by atoms with Crippen molar-refractivity contribution in [2.24, 2.45) is 0 Å². The normalized spacial score (nSPS) is 15.1. The highest BCUT2D eigenvalue weighted by Gasteiger charge is 2.32. The third-order valence-electron chi connectivity index (χ3n) is 2.44. The fourth-order valence-corrected chi connectivity index (χ4v) is 1.66. The summed E-state index contributed by atoms with van der Waals surface area (Å²) < 4.78 is 5.38. The van der Waals surface area contributed by atoms with E-state index in [2.05, 4.69) is 4.98 Å². The molecule has 0 aromatic carbocycles. The number of Topliss-reactive ketones (excluding diaryl/α,β-unsaturated/α-hetero) is 2. The van der Waals surface area contributed by atoms with Crippen molar-refractivity contribution in [2.45, 2.75) is 13.8 Å². The molecule has 1 heterocycles. The Morgan fingerprint density at radius 2 is 2.06 bits per heavy atom. The lowest BCUT2D eigenvalue weighted by molar-refractivity contribution is -0.111. The van der Waals surface area contributed by atoms with E-state index in [1.165, 1.54) is 0 Å². The molecule has 1 aromatic rings. The van der Waals surface area contributed by atoms with Gasteiger partial charge in [0.25, 0.3) is 0 Å². The number of carbonyl (C=O) groups excluding carboxylic acids is 2. The van der Waals surface area contributed by atoms with E-state index in [-0.39, 0.29) is 0 Å². The molecule has 0 saturated heterocycles. The van der Waals surface area contributed by atoms with Crippen LogP contribution in [0.3, 0.4) is 0 Å². The third-order valence-corrected chi connectivity index (χ3v) is 2.44. The van der Waals surface area contributed by atoms with Gasteiger partial charge in [0.15, 0.2) is 5.76 Å². The average Bonchev–Trinajstić information content (AvgIpc) is 2.32. The van der Waals surface area contributed by atoms with Crippen LogP contribution >= 0.6 is 0 Å². The van der Waals surface area contributed by atoms with Crippen molar-refractivity contribution >= 4 is 17.3 Å². The topological polar surface area (TPSA) is 56.3 Å². The number of ether oxygens (including phenoxy) is 1. The van der Waals surface area contributed by atoms with E-state index in [1.54, 1.807) is 25.3 Å². The second kappa shape index (κ2) is 3.89. The molecule has 82 valence electrons. The predicted molar refractivity (Wildman–Crippen MR) is 57.8 cm³/mol. The molecule has 0 N–H and O–H groups in total. The summed E-state index contributed by atoms with van der Waals surface area (Å²) in [4.78, 5) is 27.5. The minimum absolute atomic E-state index is 0.321. The molecule has 0 spiro atoms. The van der Waals surface area contributed by atoms with Crippen molar-refractivity contribution in [3.8, 4) is 0 Å². The van der Waals surface area contributed by atoms with Crippen LogP contribution in [0.25, 0.3) is 5.76 Å². The third kappa shape index (κ3) is 1.43. The van der Waals surface area contributed by atoms with Gasteiger partial charge < -0.3 is 4.74 Å². The number of carbonyl (C=O) groups is 2. The number of fused-ring (bicyclic) bond motifs is 1. The van der Waals surface area contributed by atoms with Gasteiger partial charge in [-0.25, -0.2) is 0 Å². The molecular formula is C12H11NO3. The van der Waals surface area contributed by atoms with E-state index in [9.17, 15) is 9.59 Å². The second-order valence-corrected chi connectivity index (χ2v) is 3.44. The summed E-state index contributed by atoms with van der Waals surface area (Å²) in [7, 11) is 0. The molecule has 0 aliphatic heterocycles. The van der Waals surface area contributed by atoms with Crippen molar-refractivity contribution in [1.82, 2.24) is 4.98 Å². The van der Waals surface area contributed by atoms with Crippen LogP contribution in [0.1, 0.15) is 29.9 Å². The van der Waals surface area contributed by atoms with Crippen LogP contribution in [0.2, 0.25) is 0 Å². The first-order valence-corrected chi connectivity index (χ1v) is 5.05. The van der Waals surface area contributed by atoms with E-state index < -0.39 is 11.6 Å². The number of rotatable bonds is 2. The monoisotopic (exact) mass is 217 g/mol. The van der Waals surface area contributed by atoms with E-state index in [0.717, 1.165) is 0 Å². The van der Waals surface area contributed by atoms with Crippen molar-refractivity contribution < 1.29 is 14.3 Å². The Kier molecular flexibility index (Phi) is 2.56. The lowest BCUT2D eigenvalue weighted by Crippen LogP contribution is -2.24. The first kappa shape index (κ1) is 10.5. The molecular weight excluding hydrogens is 206 g/mol. The number of nitrogens with zero attached hydrogens (tertiary/aromatic N) is 1. The summed E-state index contributed by atoms with van der Waals surface area (Å²) in [5.41, 5.74) is 1.12. The summed E-state index contributed by atoms with van der Waals surface area (Å²) in [6.45, 7) is 3.84. The Hall–Kier alpha value is -1.97. The molecule has 2 rings (SSSR count). The standard InChI is InChI=1S/C12H11NO3/c1-3-16-12-7(2)10(14)11(15)8-5-4-6-13-9(8)12/h4-6H,3H2,1-2H3. The number of pyridine rings is 1. The summed E-state index contributed by atoms with van der Waals surface area (Å²) in [6, 6.07) is 3.22. The minimum Gasteiger partial charge on any atom is -0.491 e. The van der Waals surface area contributed by atoms with Gasteiger partial charge in [-0.1, -0.05) is 0 Å². The zero-order valence-corrected chi connectivity index (χ0v) is 9.11. The molecule has 0 saturated carbocycles.